The standard InChI is InChI=1S/C11H14ClNO4S/c1-3-4-18(15,16)13-10-6-8(11(14)17-2)5-9(12)7-10/h5-6H,3-4,7H2,1-2H3. The lowest BCUT2D eigenvalue weighted by Gasteiger charge is -2.10. The van der Waals surface area contributed by atoms with E-state index in [0.29, 0.717) is 11.5 Å². The van der Waals surface area contributed by atoms with Crippen molar-refractivity contribution >= 4 is 33.3 Å². The maximum absolute atomic E-state index is 11.6. The molecule has 0 fully saturated rings. The van der Waals surface area contributed by atoms with Crippen LogP contribution in [-0.2, 0) is 19.6 Å². The van der Waals surface area contributed by atoms with Crippen molar-refractivity contribution in [1.29, 1.82) is 0 Å². The van der Waals surface area contributed by atoms with E-state index in [1.807, 2.05) is 0 Å². The Morgan fingerprint density at radius 1 is 1.50 bits per heavy atom. The van der Waals surface area contributed by atoms with Gasteiger partial charge < -0.3 is 4.74 Å². The molecule has 1 aliphatic carbocycles. The predicted molar refractivity (Wildman–Crippen MR) is 70.2 cm³/mol. The van der Waals surface area contributed by atoms with Crippen molar-refractivity contribution in [3.05, 3.63) is 22.8 Å². The first-order valence-corrected chi connectivity index (χ1v) is 7.34. The minimum absolute atomic E-state index is 0.0285. The normalized spacial score (nSPS) is 18.3. The first-order chi connectivity index (χ1) is 8.38. The summed E-state index contributed by atoms with van der Waals surface area (Å²) in [4.78, 5) is 11.4. The Bertz CT molecular complexity index is 531. The van der Waals surface area contributed by atoms with Crippen molar-refractivity contribution in [2.75, 3.05) is 12.9 Å². The summed E-state index contributed by atoms with van der Waals surface area (Å²) < 4.78 is 31.3. The van der Waals surface area contributed by atoms with Crippen LogP contribution < -0.4 is 0 Å². The Morgan fingerprint density at radius 3 is 2.72 bits per heavy atom. The minimum Gasteiger partial charge on any atom is -0.465 e. The number of hydrogen-bond acceptors (Lipinski definition) is 4. The molecule has 0 aliphatic heterocycles. The molecule has 7 heteroatoms. The summed E-state index contributed by atoms with van der Waals surface area (Å²) in [6, 6.07) is 0. The van der Waals surface area contributed by atoms with E-state index in [1.165, 1.54) is 19.3 Å². The summed E-state index contributed by atoms with van der Waals surface area (Å²) in [5.74, 6) is -0.604. The van der Waals surface area contributed by atoms with Crippen LogP contribution in [0.5, 0.6) is 0 Å². The van der Waals surface area contributed by atoms with Crippen molar-refractivity contribution in [2.45, 2.75) is 19.8 Å². The van der Waals surface area contributed by atoms with Crippen LogP contribution in [-0.4, -0.2) is 33.0 Å². The maximum atomic E-state index is 11.6. The average Bonchev–Trinajstić information content (AvgIpc) is 2.26. The van der Waals surface area contributed by atoms with Crippen LogP contribution in [0.4, 0.5) is 0 Å². The maximum Gasteiger partial charge on any atom is 0.337 e. The molecule has 0 radical (unpaired) electrons. The van der Waals surface area contributed by atoms with Crippen LogP contribution in [0.1, 0.15) is 19.8 Å². The van der Waals surface area contributed by atoms with Gasteiger partial charge >= 0.3 is 5.97 Å². The topological polar surface area (TPSA) is 72.8 Å². The predicted octanol–water partition coefficient (Wildman–Crippen LogP) is 1.79. The van der Waals surface area contributed by atoms with Crippen LogP contribution >= 0.6 is 11.6 Å². The molecule has 5 nitrogen and oxygen atoms in total. The average molecular weight is 292 g/mol. The third-order valence-corrected chi connectivity index (χ3v) is 3.80. The Hall–Kier alpha value is -1.14. The number of rotatable bonds is 4. The van der Waals surface area contributed by atoms with Crippen molar-refractivity contribution in [1.82, 2.24) is 0 Å². The number of halogens is 1. The number of allylic oxidation sites excluding steroid dienone is 2. The number of carbonyl (C=O) groups excluding carboxylic acids is 1. The van der Waals surface area contributed by atoms with E-state index in [9.17, 15) is 13.2 Å². The van der Waals surface area contributed by atoms with Gasteiger partial charge in [0.15, 0.2) is 0 Å². The number of nitrogens with zero attached hydrogens (tertiary/aromatic N) is 1. The Morgan fingerprint density at radius 2 is 2.17 bits per heavy atom. The molecule has 0 spiro atoms. The highest BCUT2D eigenvalue weighted by Gasteiger charge is 2.17. The molecule has 100 valence electrons. The van der Waals surface area contributed by atoms with Gasteiger partial charge in [0.1, 0.15) is 0 Å². The summed E-state index contributed by atoms with van der Waals surface area (Å²) in [5, 5.41) is 0.350. The van der Waals surface area contributed by atoms with Gasteiger partial charge in [0.05, 0.1) is 24.1 Å². The minimum atomic E-state index is -3.51. The quantitative estimate of drug-likeness (QED) is 0.740. The fourth-order valence-corrected chi connectivity index (χ4v) is 2.78. The molecule has 0 aromatic rings. The van der Waals surface area contributed by atoms with E-state index in [0.717, 1.165) is 0 Å². The molecule has 0 saturated carbocycles. The summed E-state index contributed by atoms with van der Waals surface area (Å²) in [7, 11) is -2.26. The molecule has 0 unspecified atom stereocenters. The monoisotopic (exact) mass is 291 g/mol. The zero-order valence-electron chi connectivity index (χ0n) is 10.1. The molecule has 1 aliphatic rings. The molecule has 0 aromatic carbocycles. The zero-order valence-corrected chi connectivity index (χ0v) is 11.7. The lowest BCUT2D eigenvalue weighted by atomic mass is 10.1. The molecule has 18 heavy (non-hydrogen) atoms. The molecule has 0 bridgehead atoms. The summed E-state index contributed by atoms with van der Waals surface area (Å²) in [6.07, 6.45) is 3.50. The fraction of sp³-hybridized carbons (Fsp3) is 0.455. The molecule has 0 amide bonds. The van der Waals surface area contributed by atoms with Crippen molar-refractivity contribution in [2.24, 2.45) is 4.40 Å². The van der Waals surface area contributed by atoms with Gasteiger partial charge in [0, 0.05) is 11.5 Å². The summed E-state index contributed by atoms with van der Waals surface area (Å²) in [5.41, 5.74) is 0.440. The lowest BCUT2D eigenvalue weighted by Crippen LogP contribution is -2.12. The van der Waals surface area contributed by atoms with E-state index < -0.39 is 16.0 Å². The second kappa shape index (κ2) is 6.15. The van der Waals surface area contributed by atoms with Gasteiger partial charge in [0.2, 0.25) is 0 Å². The SMILES string of the molecule is CCCS(=O)(=O)N=C1C=C(C(=O)OC)C=C(Cl)C1. The summed E-state index contributed by atoms with van der Waals surface area (Å²) >= 11 is 5.85. The van der Waals surface area contributed by atoms with Gasteiger partial charge in [-0.15, -0.1) is 0 Å². The first kappa shape index (κ1) is 14.9. The highest BCUT2D eigenvalue weighted by Crippen LogP contribution is 2.20. The molecular formula is C11H14ClNO4S. The molecule has 0 N–H and O–H groups in total. The third-order valence-electron chi connectivity index (χ3n) is 2.12. The molecular weight excluding hydrogens is 278 g/mol. The van der Waals surface area contributed by atoms with Gasteiger partial charge in [-0.1, -0.05) is 18.5 Å². The second-order valence-corrected chi connectivity index (χ2v) is 5.97. The Kier molecular flexibility index (Phi) is 5.10. The van der Waals surface area contributed by atoms with E-state index in [1.54, 1.807) is 6.92 Å². The lowest BCUT2D eigenvalue weighted by molar-refractivity contribution is -0.135. The van der Waals surface area contributed by atoms with E-state index in [-0.39, 0.29) is 23.5 Å². The number of hydrogen-bond donors (Lipinski definition) is 0. The van der Waals surface area contributed by atoms with Gasteiger partial charge in [-0.25, -0.2) is 13.2 Å². The molecule has 0 saturated heterocycles. The molecule has 0 atom stereocenters. The zero-order chi connectivity index (χ0) is 13.8. The fourth-order valence-electron chi connectivity index (χ4n) is 1.44. The van der Waals surface area contributed by atoms with Gasteiger partial charge in [-0.2, -0.15) is 4.40 Å². The number of ether oxygens (including phenoxy) is 1. The van der Waals surface area contributed by atoms with Crippen molar-refractivity contribution in [3.63, 3.8) is 0 Å². The highest BCUT2D eigenvalue weighted by molar-refractivity contribution is 7.90. The largest absolute Gasteiger partial charge is 0.465 e. The number of esters is 1. The van der Waals surface area contributed by atoms with Crippen LogP contribution in [0.15, 0.2) is 27.2 Å². The van der Waals surface area contributed by atoms with Gasteiger partial charge in [-0.3, -0.25) is 0 Å². The van der Waals surface area contributed by atoms with E-state index >= 15 is 0 Å². The summed E-state index contributed by atoms with van der Waals surface area (Å²) in [6.45, 7) is 1.75. The smallest absolute Gasteiger partial charge is 0.337 e. The molecule has 0 heterocycles. The second-order valence-electron chi connectivity index (χ2n) is 3.73. The highest BCUT2D eigenvalue weighted by atomic mass is 35.5. The Labute approximate surface area is 111 Å². The van der Waals surface area contributed by atoms with Crippen LogP contribution in [0.2, 0.25) is 0 Å². The van der Waals surface area contributed by atoms with Crippen molar-refractivity contribution < 1.29 is 17.9 Å². The number of methoxy groups -OCH3 is 1. The van der Waals surface area contributed by atoms with Crippen LogP contribution in [0, 0.1) is 0 Å². The molecule has 1 rings (SSSR count). The third kappa shape index (κ3) is 4.27. The number of carbonyl (C=O) groups is 1. The van der Waals surface area contributed by atoms with E-state index in [2.05, 4.69) is 9.13 Å². The van der Waals surface area contributed by atoms with Crippen molar-refractivity contribution in [3.8, 4) is 0 Å². The number of sulfonamides is 1. The van der Waals surface area contributed by atoms with Crippen LogP contribution in [0.25, 0.3) is 0 Å². The molecule has 0 aromatic heterocycles. The Balaban J connectivity index is 3.06. The van der Waals surface area contributed by atoms with Gasteiger partial charge in [0.25, 0.3) is 10.0 Å². The van der Waals surface area contributed by atoms with Gasteiger partial charge in [-0.05, 0) is 18.6 Å². The first-order valence-electron chi connectivity index (χ1n) is 5.35. The van der Waals surface area contributed by atoms with E-state index in [4.69, 9.17) is 11.6 Å². The van der Waals surface area contributed by atoms with Crippen LogP contribution in [0.3, 0.4) is 0 Å².